The van der Waals surface area contributed by atoms with E-state index in [1.807, 2.05) is 41.1 Å². The van der Waals surface area contributed by atoms with Gasteiger partial charge in [0.05, 0.1) is 0 Å². The maximum Gasteiger partial charge on any atom is 0.192 e. The monoisotopic (exact) mass is 210 g/mol. The minimum Gasteiger partial charge on any atom is -0.306 e. The second-order valence-corrected chi connectivity index (χ2v) is 3.22. The van der Waals surface area contributed by atoms with Crippen molar-refractivity contribution in [2.75, 3.05) is 0 Å². The van der Waals surface area contributed by atoms with Crippen LogP contribution in [0.2, 0.25) is 0 Å². The zero-order valence-electron chi connectivity index (χ0n) is 8.12. The Morgan fingerprint density at radius 3 is 3.06 bits per heavy atom. The van der Waals surface area contributed by atoms with Crippen LogP contribution < -0.4 is 0 Å². The summed E-state index contributed by atoms with van der Waals surface area (Å²) < 4.78 is 1.87. The zero-order valence-corrected chi connectivity index (χ0v) is 8.12. The van der Waals surface area contributed by atoms with Crippen molar-refractivity contribution in [3.63, 3.8) is 0 Å². The number of hydrogen-bond acceptors (Lipinski definition) is 4. The van der Waals surface area contributed by atoms with Crippen molar-refractivity contribution in [3.8, 4) is 17.5 Å². The Morgan fingerprint density at radius 2 is 2.25 bits per heavy atom. The molecule has 0 aliphatic rings. The Bertz CT molecular complexity index is 653. The number of aromatic amines is 1. The number of imidazole rings is 1. The zero-order chi connectivity index (χ0) is 11.0. The predicted molar refractivity (Wildman–Crippen MR) is 55.3 cm³/mol. The Balaban J connectivity index is 2.24. The first kappa shape index (κ1) is 8.61. The fourth-order valence-electron chi connectivity index (χ4n) is 1.54. The number of nitrogens with one attached hydrogen (secondary N) is 1. The van der Waals surface area contributed by atoms with Crippen LogP contribution in [0.25, 0.3) is 17.0 Å². The summed E-state index contributed by atoms with van der Waals surface area (Å²) in [6.07, 6.45) is 3.70. The average Bonchev–Trinajstić information content (AvgIpc) is 2.94. The summed E-state index contributed by atoms with van der Waals surface area (Å²) in [5, 5.41) is 18.9. The summed E-state index contributed by atoms with van der Waals surface area (Å²) >= 11 is 0. The number of rotatable bonds is 1. The highest BCUT2D eigenvalue weighted by molar-refractivity contribution is 5.63. The van der Waals surface area contributed by atoms with Crippen LogP contribution in [-0.2, 0) is 0 Å². The van der Waals surface area contributed by atoms with E-state index in [1.165, 1.54) is 0 Å². The summed E-state index contributed by atoms with van der Waals surface area (Å²) in [5.74, 6) is 0. The molecule has 3 aromatic heterocycles. The lowest BCUT2D eigenvalue weighted by molar-refractivity contribution is 0.936. The molecule has 6 nitrogen and oxygen atoms in total. The van der Waals surface area contributed by atoms with Crippen molar-refractivity contribution < 1.29 is 0 Å². The maximum absolute atomic E-state index is 8.84. The van der Waals surface area contributed by atoms with Crippen molar-refractivity contribution >= 4 is 5.65 Å². The first-order chi connectivity index (χ1) is 7.88. The topological polar surface area (TPSA) is 82.7 Å². The van der Waals surface area contributed by atoms with E-state index in [0.717, 1.165) is 5.65 Å². The Morgan fingerprint density at radius 1 is 1.31 bits per heavy atom. The lowest BCUT2D eigenvalue weighted by Gasteiger charge is -1.86. The fraction of sp³-hybridized carbons (Fsp3) is 0. The molecule has 76 valence electrons. The largest absolute Gasteiger partial charge is 0.306 e. The van der Waals surface area contributed by atoms with Crippen molar-refractivity contribution in [3.05, 3.63) is 36.3 Å². The van der Waals surface area contributed by atoms with Gasteiger partial charge in [-0.25, -0.2) is 4.98 Å². The highest BCUT2D eigenvalue weighted by Crippen LogP contribution is 2.18. The van der Waals surface area contributed by atoms with Gasteiger partial charge in [0.1, 0.15) is 17.4 Å². The molecular formula is C10H6N6. The van der Waals surface area contributed by atoms with Gasteiger partial charge in [0.2, 0.25) is 0 Å². The van der Waals surface area contributed by atoms with Gasteiger partial charge in [-0.2, -0.15) is 15.6 Å². The standard InChI is InChI=1S/C10H6N6/c11-5-7-10(14-15-13-7)8-6-16-4-2-1-3-9(16)12-8/h1-4,6H,(H,13,14,15). The molecule has 0 spiro atoms. The lowest BCUT2D eigenvalue weighted by Crippen LogP contribution is -1.81. The fourth-order valence-corrected chi connectivity index (χ4v) is 1.54. The highest BCUT2D eigenvalue weighted by Gasteiger charge is 2.12. The predicted octanol–water partition coefficient (Wildman–Crippen LogP) is 0.991. The maximum atomic E-state index is 8.84. The number of aromatic nitrogens is 5. The van der Waals surface area contributed by atoms with Gasteiger partial charge in [0.25, 0.3) is 0 Å². The number of pyridine rings is 1. The number of fused-ring (bicyclic) bond motifs is 1. The molecule has 0 aliphatic carbocycles. The van der Waals surface area contributed by atoms with E-state index < -0.39 is 0 Å². The lowest BCUT2D eigenvalue weighted by atomic mass is 10.3. The highest BCUT2D eigenvalue weighted by atomic mass is 15.3. The van der Waals surface area contributed by atoms with Crippen LogP contribution in [0.15, 0.2) is 30.6 Å². The molecule has 0 saturated heterocycles. The summed E-state index contributed by atoms with van der Waals surface area (Å²) in [6, 6.07) is 7.66. The molecule has 0 aromatic carbocycles. The molecule has 3 aromatic rings. The van der Waals surface area contributed by atoms with Crippen molar-refractivity contribution in [2.24, 2.45) is 0 Å². The number of hydrogen-bond donors (Lipinski definition) is 1. The molecule has 1 N–H and O–H groups in total. The van der Waals surface area contributed by atoms with Crippen LogP contribution in [0.4, 0.5) is 0 Å². The Kier molecular flexibility index (Phi) is 1.71. The molecule has 0 aliphatic heterocycles. The molecule has 16 heavy (non-hydrogen) atoms. The van der Waals surface area contributed by atoms with Gasteiger partial charge in [0.15, 0.2) is 11.4 Å². The van der Waals surface area contributed by atoms with E-state index in [4.69, 9.17) is 5.26 Å². The molecule has 3 heterocycles. The minimum atomic E-state index is 0.253. The smallest absolute Gasteiger partial charge is 0.192 e. The van der Waals surface area contributed by atoms with Crippen LogP contribution >= 0.6 is 0 Å². The first-order valence-electron chi connectivity index (χ1n) is 4.63. The summed E-state index contributed by atoms with van der Waals surface area (Å²) in [5.41, 5.74) is 2.18. The number of H-pyrrole nitrogens is 1. The van der Waals surface area contributed by atoms with Gasteiger partial charge in [-0.3, -0.25) is 0 Å². The van der Waals surface area contributed by atoms with Gasteiger partial charge in [-0.1, -0.05) is 6.07 Å². The van der Waals surface area contributed by atoms with Crippen molar-refractivity contribution in [1.82, 2.24) is 24.8 Å². The quantitative estimate of drug-likeness (QED) is 0.649. The van der Waals surface area contributed by atoms with Crippen LogP contribution in [0.5, 0.6) is 0 Å². The van der Waals surface area contributed by atoms with Crippen LogP contribution in [-0.4, -0.2) is 24.8 Å². The summed E-state index contributed by atoms with van der Waals surface area (Å²) in [4.78, 5) is 4.35. The van der Waals surface area contributed by atoms with E-state index in [0.29, 0.717) is 11.4 Å². The van der Waals surface area contributed by atoms with Gasteiger partial charge in [-0.05, 0) is 12.1 Å². The van der Waals surface area contributed by atoms with Crippen LogP contribution in [0.1, 0.15) is 5.69 Å². The molecular weight excluding hydrogens is 204 g/mol. The van der Waals surface area contributed by atoms with Crippen LogP contribution in [0, 0.1) is 11.3 Å². The second kappa shape index (κ2) is 3.17. The minimum absolute atomic E-state index is 0.253. The molecule has 0 atom stereocenters. The van der Waals surface area contributed by atoms with Crippen molar-refractivity contribution in [2.45, 2.75) is 0 Å². The molecule has 0 fully saturated rings. The Hall–Kier alpha value is -2.68. The molecule has 0 saturated carbocycles. The van der Waals surface area contributed by atoms with Gasteiger partial charge in [0, 0.05) is 12.4 Å². The van der Waals surface area contributed by atoms with E-state index in [2.05, 4.69) is 20.4 Å². The SMILES string of the molecule is N#Cc1n[nH]nc1-c1cn2ccccc2n1. The third-order valence-electron chi connectivity index (χ3n) is 2.26. The third-order valence-corrected chi connectivity index (χ3v) is 2.26. The van der Waals surface area contributed by atoms with E-state index in [-0.39, 0.29) is 5.69 Å². The number of nitriles is 1. The molecule has 0 unspecified atom stereocenters. The molecule has 0 radical (unpaired) electrons. The molecule has 0 bridgehead atoms. The molecule has 6 heteroatoms. The van der Waals surface area contributed by atoms with Crippen LogP contribution in [0.3, 0.4) is 0 Å². The summed E-state index contributed by atoms with van der Waals surface area (Å²) in [7, 11) is 0. The van der Waals surface area contributed by atoms with E-state index in [9.17, 15) is 0 Å². The van der Waals surface area contributed by atoms with Crippen molar-refractivity contribution in [1.29, 1.82) is 5.26 Å². The Labute approximate surface area is 90.2 Å². The first-order valence-corrected chi connectivity index (χ1v) is 4.63. The van der Waals surface area contributed by atoms with E-state index in [1.54, 1.807) is 0 Å². The summed E-state index contributed by atoms with van der Waals surface area (Å²) in [6.45, 7) is 0. The van der Waals surface area contributed by atoms with Gasteiger partial charge in [-0.15, -0.1) is 5.10 Å². The molecule has 0 amide bonds. The second-order valence-electron chi connectivity index (χ2n) is 3.22. The van der Waals surface area contributed by atoms with E-state index >= 15 is 0 Å². The average molecular weight is 210 g/mol. The normalized spacial score (nSPS) is 10.4. The molecule has 3 rings (SSSR count). The number of nitrogens with zero attached hydrogens (tertiary/aromatic N) is 5. The van der Waals surface area contributed by atoms with Gasteiger partial charge < -0.3 is 4.40 Å². The van der Waals surface area contributed by atoms with Gasteiger partial charge >= 0.3 is 0 Å². The third kappa shape index (κ3) is 1.15.